The second kappa shape index (κ2) is 11.7. The van der Waals surface area contributed by atoms with E-state index in [1.165, 1.54) is 23.0 Å². The molecule has 0 aliphatic carbocycles. The van der Waals surface area contributed by atoms with E-state index in [-0.39, 0.29) is 23.5 Å². The van der Waals surface area contributed by atoms with Crippen LogP contribution in [0.2, 0.25) is 0 Å². The first kappa shape index (κ1) is 28.9. The predicted molar refractivity (Wildman–Crippen MR) is 152 cm³/mol. The summed E-state index contributed by atoms with van der Waals surface area (Å²) in [5.41, 5.74) is 1.28. The maximum atomic E-state index is 14.5. The van der Waals surface area contributed by atoms with E-state index in [4.69, 9.17) is 9.47 Å². The Hall–Kier alpha value is -4.64. The van der Waals surface area contributed by atoms with Gasteiger partial charge in [-0.05, 0) is 55.0 Å². The Balaban J connectivity index is 1.70. The number of methoxy groups -OCH3 is 2. The number of ether oxygens (including phenoxy) is 2. The Labute approximate surface area is 240 Å². The van der Waals surface area contributed by atoms with Crippen LogP contribution >= 0.6 is 0 Å². The number of nitrogens with zero attached hydrogens (tertiary/aromatic N) is 4. The molecule has 2 heterocycles. The van der Waals surface area contributed by atoms with Crippen molar-refractivity contribution in [2.24, 2.45) is 0 Å². The quantitative estimate of drug-likeness (QED) is 0.239. The molecule has 2 amide bonds. The molecule has 5 rings (SSSR count). The summed E-state index contributed by atoms with van der Waals surface area (Å²) >= 11 is 0. The molecule has 218 valence electrons. The number of carbonyl (C=O) groups is 2. The number of halogens is 3. The van der Waals surface area contributed by atoms with Crippen molar-refractivity contribution in [1.82, 2.24) is 9.78 Å². The highest BCUT2D eigenvalue weighted by atomic mass is 19.4. The number of aromatic nitrogens is 2. The van der Waals surface area contributed by atoms with Gasteiger partial charge in [-0.15, -0.1) is 0 Å². The molecule has 42 heavy (non-hydrogen) atoms. The lowest BCUT2D eigenvalue weighted by molar-refractivity contribution is -0.137. The highest BCUT2D eigenvalue weighted by Crippen LogP contribution is 2.46. The Morgan fingerprint density at radius 2 is 1.67 bits per heavy atom. The van der Waals surface area contributed by atoms with Crippen molar-refractivity contribution in [3.63, 3.8) is 0 Å². The van der Waals surface area contributed by atoms with Gasteiger partial charge in [-0.2, -0.15) is 18.3 Å². The summed E-state index contributed by atoms with van der Waals surface area (Å²) in [5.74, 6) is -2.39. The smallest absolute Gasteiger partial charge is 0.416 e. The second-order valence-corrected chi connectivity index (χ2v) is 9.67. The third kappa shape index (κ3) is 5.35. The van der Waals surface area contributed by atoms with Crippen LogP contribution in [0.15, 0.2) is 79.1 Å². The number of carbonyl (C=O) groups excluding carboxylic acids is 2. The largest absolute Gasteiger partial charge is 0.496 e. The van der Waals surface area contributed by atoms with Crippen molar-refractivity contribution in [1.29, 1.82) is 0 Å². The first-order chi connectivity index (χ1) is 20.2. The molecule has 0 spiro atoms. The number of alkyl halides is 3. The van der Waals surface area contributed by atoms with E-state index in [0.29, 0.717) is 30.2 Å². The van der Waals surface area contributed by atoms with Gasteiger partial charge in [0, 0.05) is 36.7 Å². The molecular formula is C31H29F3N4O4. The van der Waals surface area contributed by atoms with Gasteiger partial charge >= 0.3 is 6.18 Å². The van der Waals surface area contributed by atoms with E-state index in [2.05, 4.69) is 5.10 Å². The molecule has 1 aliphatic heterocycles. The Morgan fingerprint density at radius 1 is 0.905 bits per heavy atom. The minimum Gasteiger partial charge on any atom is -0.496 e. The van der Waals surface area contributed by atoms with E-state index in [0.717, 1.165) is 17.7 Å². The molecule has 0 saturated heterocycles. The summed E-state index contributed by atoms with van der Waals surface area (Å²) in [6.07, 6.45) is -1.16. The zero-order valence-electron chi connectivity index (χ0n) is 23.3. The first-order valence-corrected chi connectivity index (χ1v) is 13.3. The Kier molecular flexibility index (Phi) is 8.04. The fourth-order valence-electron chi connectivity index (χ4n) is 5.13. The van der Waals surface area contributed by atoms with Crippen LogP contribution in [0.4, 0.5) is 30.2 Å². The molecule has 0 fully saturated rings. The summed E-state index contributed by atoms with van der Waals surface area (Å²) in [6, 6.07) is 16.6. The van der Waals surface area contributed by atoms with E-state index in [1.807, 2.05) is 6.20 Å². The third-order valence-corrected chi connectivity index (χ3v) is 7.18. The van der Waals surface area contributed by atoms with Gasteiger partial charge in [0.05, 0.1) is 43.4 Å². The highest BCUT2D eigenvalue weighted by molar-refractivity contribution is 6.23. The van der Waals surface area contributed by atoms with Crippen molar-refractivity contribution in [3.8, 4) is 16.9 Å². The number of likely N-dealkylation sites (N-methyl/N-ethyl adjacent to an activating group) is 1. The number of amides is 2. The van der Waals surface area contributed by atoms with Crippen molar-refractivity contribution in [2.45, 2.75) is 25.6 Å². The standard InChI is InChI=1S/C31H29F3N4O4/c1-4-37-25-12-11-22(31(32,33)34)17-26(25)38(23-8-6-5-7-9-23)30(40)28(29(37)39)24-16-20(10-13-27(24)42-3)21-18-35-36(19-21)14-15-41-2/h5-13,16-19,28H,4,14-15H2,1-3H3. The molecule has 1 aromatic heterocycles. The lowest BCUT2D eigenvalue weighted by atomic mass is 9.92. The summed E-state index contributed by atoms with van der Waals surface area (Å²) in [6.45, 7) is 2.84. The van der Waals surface area contributed by atoms with E-state index in [1.54, 1.807) is 73.4 Å². The van der Waals surface area contributed by atoms with Gasteiger partial charge in [0.25, 0.3) is 0 Å². The van der Waals surface area contributed by atoms with Crippen LogP contribution in [-0.4, -0.2) is 49.0 Å². The number of benzene rings is 3. The average Bonchev–Trinajstić information content (AvgIpc) is 3.43. The van der Waals surface area contributed by atoms with Gasteiger partial charge in [0.15, 0.2) is 0 Å². The Morgan fingerprint density at radius 3 is 2.33 bits per heavy atom. The molecule has 1 aliphatic rings. The summed E-state index contributed by atoms with van der Waals surface area (Å²) < 4.78 is 54.0. The van der Waals surface area contributed by atoms with E-state index >= 15 is 0 Å². The predicted octanol–water partition coefficient (Wildman–Crippen LogP) is 6.04. The van der Waals surface area contributed by atoms with E-state index < -0.39 is 29.5 Å². The average molecular weight is 579 g/mol. The van der Waals surface area contributed by atoms with Crippen LogP contribution in [0.1, 0.15) is 24.0 Å². The zero-order valence-corrected chi connectivity index (χ0v) is 23.3. The van der Waals surface area contributed by atoms with Gasteiger partial charge < -0.3 is 14.4 Å². The zero-order chi connectivity index (χ0) is 30.0. The number of fused-ring (bicyclic) bond motifs is 1. The molecule has 1 atom stereocenters. The molecule has 0 bridgehead atoms. The fourth-order valence-corrected chi connectivity index (χ4v) is 5.13. The number of hydrogen-bond donors (Lipinski definition) is 0. The van der Waals surface area contributed by atoms with Gasteiger partial charge in [-0.3, -0.25) is 19.2 Å². The van der Waals surface area contributed by atoms with Crippen molar-refractivity contribution >= 4 is 28.9 Å². The van der Waals surface area contributed by atoms with Crippen molar-refractivity contribution < 1.29 is 32.2 Å². The number of anilines is 3. The topological polar surface area (TPSA) is 76.9 Å². The highest BCUT2D eigenvalue weighted by Gasteiger charge is 2.44. The monoisotopic (exact) mass is 578 g/mol. The second-order valence-electron chi connectivity index (χ2n) is 9.67. The maximum Gasteiger partial charge on any atom is 0.416 e. The van der Waals surface area contributed by atoms with E-state index in [9.17, 15) is 22.8 Å². The van der Waals surface area contributed by atoms with Gasteiger partial charge in [0.2, 0.25) is 11.8 Å². The summed E-state index contributed by atoms with van der Waals surface area (Å²) in [4.78, 5) is 31.2. The summed E-state index contributed by atoms with van der Waals surface area (Å²) in [7, 11) is 3.03. The minimum absolute atomic E-state index is 0.0340. The first-order valence-electron chi connectivity index (χ1n) is 13.3. The van der Waals surface area contributed by atoms with Gasteiger partial charge in [0.1, 0.15) is 11.7 Å². The maximum absolute atomic E-state index is 14.5. The van der Waals surface area contributed by atoms with Crippen LogP contribution in [0, 0.1) is 0 Å². The summed E-state index contributed by atoms with van der Waals surface area (Å²) in [5, 5.41) is 4.36. The van der Waals surface area contributed by atoms with Crippen LogP contribution in [0.25, 0.3) is 11.1 Å². The van der Waals surface area contributed by atoms with Crippen molar-refractivity contribution in [3.05, 3.63) is 90.3 Å². The Bertz CT molecular complexity index is 1600. The fraction of sp³-hybridized carbons (Fsp3) is 0.258. The van der Waals surface area contributed by atoms with Crippen LogP contribution < -0.4 is 14.5 Å². The molecule has 11 heteroatoms. The minimum atomic E-state index is -4.65. The third-order valence-electron chi connectivity index (χ3n) is 7.18. The molecule has 0 radical (unpaired) electrons. The molecule has 8 nitrogen and oxygen atoms in total. The number of para-hydroxylation sites is 1. The molecule has 3 aromatic carbocycles. The molecular weight excluding hydrogens is 549 g/mol. The molecule has 0 saturated carbocycles. The van der Waals surface area contributed by atoms with Crippen LogP contribution in [-0.2, 0) is 27.0 Å². The van der Waals surface area contributed by atoms with Crippen LogP contribution in [0.5, 0.6) is 5.75 Å². The SMILES string of the molecule is CCN1C(=O)C(c2cc(-c3cnn(CCOC)c3)ccc2OC)C(=O)N(c2ccccc2)c2cc(C(F)(F)F)ccc21. The number of rotatable bonds is 8. The van der Waals surface area contributed by atoms with Crippen LogP contribution in [0.3, 0.4) is 0 Å². The lowest BCUT2D eigenvalue weighted by Gasteiger charge is -2.26. The molecule has 1 unspecified atom stereocenters. The number of hydrogen-bond acceptors (Lipinski definition) is 5. The molecule has 0 N–H and O–H groups in total. The van der Waals surface area contributed by atoms with Crippen molar-refractivity contribution in [2.75, 3.05) is 37.2 Å². The van der Waals surface area contributed by atoms with Gasteiger partial charge in [-0.1, -0.05) is 24.3 Å². The molecule has 4 aromatic rings. The van der Waals surface area contributed by atoms with Gasteiger partial charge in [-0.25, -0.2) is 0 Å². The lowest BCUT2D eigenvalue weighted by Crippen LogP contribution is -2.39. The normalized spacial score (nSPS) is 15.5.